The highest BCUT2D eigenvalue weighted by molar-refractivity contribution is 7.21. The molecule has 0 aliphatic carbocycles. The zero-order chi connectivity index (χ0) is 30.9. The van der Waals surface area contributed by atoms with E-state index in [2.05, 4.69) is 15.5 Å². The number of nitrogens with zero attached hydrogens (tertiary/aromatic N) is 5. The van der Waals surface area contributed by atoms with Gasteiger partial charge in [0.25, 0.3) is 5.56 Å². The van der Waals surface area contributed by atoms with Crippen molar-refractivity contribution in [2.45, 2.75) is 65.8 Å². The molecule has 0 radical (unpaired) electrons. The minimum absolute atomic E-state index is 0.189. The van der Waals surface area contributed by atoms with Crippen molar-refractivity contribution >= 4 is 33.2 Å². The van der Waals surface area contributed by atoms with Gasteiger partial charge in [0.1, 0.15) is 39.6 Å². The number of aryl methyl sites for hydroxylation is 1. The highest BCUT2D eigenvalue weighted by atomic mass is 32.1. The molecule has 3 aromatic heterocycles. The average Bonchev–Trinajstić information content (AvgIpc) is 3.56. The fourth-order valence-corrected chi connectivity index (χ4v) is 5.84. The Morgan fingerprint density at radius 3 is 2.43 bits per heavy atom. The Labute approximate surface area is 244 Å². The van der Waals surface area contributed by atoms with Gasteiger partial charge in [-0.15, -0.1) is 4.80 Å². The summed E-state index contributed by atoms with van der Waals surface area (Å²) in [6, 6.07) is 3.60. The number of amides is 1. The molecule has 4 aromatic rings. The van der Waals surface area contributed by atoms with Crippen LogP contribution >= 0.6 is 11.3 Å². The van der Waals surface area contributed by atoms with Gasteiger partial charge in [-0.05, 0) is 59.7 Å². The number of methoxy groups -OCH3 is 1. The van der Waals surface area contributed by atoms with Crippen LogP contribution in [-0.2, 0) is 26.4 Å². The number of halogens is 1. The number of carbonyl (C=O) groups is 2. The van der Waals surface area contributed by atoms with E-state index in [0.29, 0.717) is 10.6 Å². The SMILES string of the molecule is COc1ccc(F)cc1[C@H](Cn1c(=O)n(C(C)(C)C(=O)NC(C)C)c(=O)c2c(C)c(-n3nccn3)sc21)OCC(C)=O. The lowest BCUT2D eigenvalue weighted by molar-refractivity contribution is -0.129. The number of hydrogen-bond acceptors (Lipinski definition) is 9. The third-order valence-corrected chi connectivity index (χ3v) is 7.98. The number of fused-ring (bicyclic) bond motifs is 1. The molecule has 0 bridgehead atoms. The molecule has 0 spiro atoms. The topological polar surface area (TPSA) is 139 Å². The van der Waals surface area contributed by atoms with Crippen molar-refractivity contribution in [3.05, 3.63) is 68.4 Å². The number of ketones is 1. The molecule has 12 nitrogen and oxygen atoms in total. The molecule has 0 fully saturated rings. The lowest BCUT2D eigenvalue weighted by Crippen LogP contribution is -2.56. The van der Waals surface area contributed by atoms with Crippen molar-refractivity contribution in [1.82, 2.24) is 29.4 Å². The van der Waals surface area contributed by atoms with Crippen LogP contribution in [-0.4, -0.2) is 55.6 Å². The predicted octanol–water partition coefficient (Wildman–Crippen LogP) is 2.87. The number of aromatic nitrogens is 5. The second kappa shape index (κ2) is 12.0. The van der Waals surface area contributed by atoms with Gasteiger partial charge in [-0.1, -0.05) is 11.3 Å². The number of thiophene rings is 1. The number of ether oxygens (including phenoxy) is 2. The van der Waals surface area contributed by atoms with Crippen molar-refractivity contribution in [3.8, 4) is 10.8 Å². The Hall–Kier alpha value is -4.17. The third-order valence-electron chi connectivity index (χ3n) is 6.70. The maximum atomic E-state index is 14.4. The van der Waals surface area contributed by atoms with Crippen molar-refractivity contribution in [2.24, 2.45) is 0 Å². The Morgan fingerprint density at radius 1 is 1.17 bits per heavy atom. The molecule has 1 amide bonds. The molecular weight excluding hydrogens is 567 g/mol. The number of nitrogens with one attached hydrogen (secondary N) is 1. The van der Waals surface area contributed by atoms with E-state index in [4.69, 9.17) is 9.47 Å². The number of hydrogen-bond donors (Lipinski definition) is 1. The maximum absolute atomic E-state index is 14.4. The summed E-state index contributed by atoms with van der Waals surface area (Å²) < 4.78 is 28.0. The van der Waals surface area contributed by atoms with Crippen LogP contribution in [0.3, 0.4) is 0 Å². The van der Waals surface area contributed by atoms with E-state index in [-0.39, 0.29) is 46.5 Å². The van der Waals surface area contributed by atoms with E-state index >= 15 is 0 Å². The fourth-order valence-electron chi connectivity index (χ4n) is 4.62. The zero-order valence-electron chi connectivity index (χ0n) is 24.4. The van der Waals surface area contributed by atoms with Gasteiger partial charge in [0, 0.05) is 17.2 Å². The fraction of sp³-hybridized carbons (Fsp3) is 0.429. The summed E-state index contributed by atoms with van der Waals surface area (Å²) in [4.78, 5) is 55.1. The van der Waals surface area contributed by atoms with Crippen LogP contribution in [0.5, 0.6) is 5.75 Å². The monoisotopic (exact) mass is 600 g/mol. The minimum atomic E-state index is -1.60. The molecule has 0 saturated carbocycles. The smallest absolute Gasteiger partial charge is 0.333 e. The van der Waals surface area contributed by atoms with E-state index in [1.54, 1.807) is 20.8 Å². The molecule has 0 aliphatic heterocycles. The standard InChI is InChI=1S/C28H33FN6O6S/c1-15(2)32-26(38)28(5,6)34-23(37)22-17(4)24(35-30-10-11-31-35)42-25(22)33(27(34)39)13-21(41-14-16(3)36)19-12-18(29)8-9-20(19)40-7/h8-12,15,21H,13-14H2,1-7H3,(H,32,38)/t21-/m0/s1. The van der Waals surface area contributed by atoms with Crippen LogP contribution in [0.4, 0.5) is 4.39 Å². The average molecular weight is 601 g/mol. The lowest BCUT2D eigenvalue weighted by atomic mass is 10.0. The van der Waals surface area contributed by atoms with Gasteiger partial charge >= 0.3 is 5.69 Å². The molecule has 0 aliphatic rings. The third kappa shape index (κ3) is 5.77. The summed E-state index contributed by atoms with van der Waals surface area (Å²) in [5, 5.41) is 11.8. The molecule has 1 N–H and O–H groups in total. The molecule has 4 rings (SSSR count). The van der Waals surface area contributed by atoms with Gasteiger partial charge < -0.3 is 14.8 Å². The van der Waals surface area contributed by atoms with Crippen molar-refractivity contribution < 1.29 is 23.5 Å². The molecule has 3 heterocycles. The first-order chi connectivity index (χ1) is 19.8. The second-order valence-electron chi connectivity index (χ2n) is 10.6. The van der Waals surface area contributed by atoms with Crippen LogP contribution in [0.2, 0.25) is 0 Å². The van der Waals surface area contributed by atoms with Crippen LogP contribution in [0.1, 0.15) is 51.8 Å². The number of Topliss-reactive ketones (excluding diaryl/α,β-unsaturated/α-hetero) is 1. The van der Waals surface area contributed by atoms with E-state index in [9.17, 15) is 23.6 Å². The quantitative estimate of drug-likeness (QED) is 0.277. The molecule has 42 heavy (non-hydrogen) atoms. The van der Waals surface area contributed by atoms with Gasteiger partial charge in [0.15, 0.2) is 5.78 Å². The zero-order valence-corrected chi connectivity index (χ0v) is 25.2. The second-order valence-corrected chi connectivity index (χ2v) is 11.6. The highest BCUT2D eigenvalue weighted by Gasteiger charge is 2.36. The van der Waals surface area contributed by atoms with Gasteiger partial charge in [0.05, 0.1) is 31.4 Å². The van der Waals surface area contributed by atoms with Crippen molar-refractivity contribution in [3.63, 3.8) is 0 Å². The molecule has 0 unspecified atom stereocenters. The molecular formula is C28H33FN6O6S. The van der Waals surface area contributed by atoms with Crippen LogP contribution in [0.25, 0.3) is 15.2 Å². The normalized spacial score (nSPS) is 12.6. The summed E-state index contributed by atoms with van der Waals surface area (Å²) in [6.45, 7) is 9.00. The number of carbonyl (C=O) groups excluding carboxylic acids is 2. The van der Waals surface area contributed by atoms with Gasteiger partial charge in [-0.3, -0.25) is 19.0 Å². The highest BCUT2D eigenvalue weighted by Crippen LogP contribution is 2.34. The Morgan fingerprint density at radius 2 is 1.83 bits per heavy atom. The first-order valence-electron chi connectivity index (χ1n) is 13.2. The molecule has 1 aromatic carbocycles. The number of rotatable bonds is 11. The van der Waals surface area contributed by atoms with E-state index in [0.717, 1.165) is 15.9 Å². The summed E-state index contributed by atoms with van der Waals surface area (Å²) in [5.41, 5.74) is -2.28. The van der Waals surface area contributed by atoms with Crippen molar-refractivity contribution in [2.75, 3.05) is 13.7 Å². The van der Waals surface area contributed by atoms with Gasteiger partial charge in [0.2, 0.25) is 5.91 Å². The summed E-state index contributed by atoms with van der Waals surface area (Å²) in [5.74, 6) is -1.11. The van der Waals surface area contributed by atoms with Gasteiger partial charge in [-0.2, -0.15) is 10.2 Å². The lowest BCUT2D eigenvalue weighted by Gasteiger charge is -2.28. The first-order valence-corrected chi connectivity index (χ1v) is 14.0. The minimum Gasteiger partial charge on any atom is -0.496 e. The summed E-state index contributed by atoms with van der Waals surface area (Å²) in [6.07, 6.45) is 1.92. The molecule has 14 heteroatoms. The Kier molecular flexibility index (Phi) is 8.78. The Bertz CT molecular complexity index is 1760. The Balaban J connectivity index is 2.04. The van der Waals surface area contributed by atoms with E-state index in [1.165, 1.54) is 67.8 Å². The van der Waals surface area contributed by atoms with Crippen molar-refractivity contribution in [1.29, 1.82) is 0 Å². The first kappa shape index (κ1) is 30.8. The van der Waals surface area contributed by atoms with Crippen LogP contribution in [0, 0.1) is 12.7 Å². The van der Waals surface area contributed by atoms with E-state index < -0.39 is 34.6 Å². The predicted molar refractivity (Wildman–Crippen MR) is 155 cm³/mol. The van der Waals surface area contributed by atoms with E-state index in [1.807, 2.05) is 0 Å². The summed E-state index contributed by atoms with van der Waals surface area (Å²) in [7, 11) is 1.41. The molecule has 1 atom stereocenters. The molecule has 224 valence electrons. The van der Waals surface area contributed by atoms with Gasteiger partial charge in [-0.25, -0.2) is 13.8 Å². The molecule has 0 saturated heterocycles. The largest absolute Gasteiger partial charge is 0.496 e. The maximum Gasteiger partial charge on any atom is 0.333 e. The number of benzene rings is 1. The summed E-state index contributed by atoms with van der Waals surface area (Å²) >= 11 is 1.11. The van der Waals surface area contributed by atoms with Crippen LogP contribution in [0.15, 0.2) is 40.2 Å². The van der Waals surface area contributed by atoms with Crippen LogP contribution < -0.4 is 21.3 Å².